The molecule has 5 heteroatoms. The summed E-state index contributed by atoms with van der Waals surface area (Å²) in [5.74, 6) is 1.60. The lowest BCUT2D eigenvalue weighted by Gasteiger charge is -2.35. The van der Waals surface area contributed by atoms with Crippen LogP contribution in [0, 0.1) is 11.8 Å². The van der Waals surface area contributed by atoms with Crippen molar-refractivity contribution in [2.24, 2.45) is 11.8 Å². The number of hydrogen-bond acceptors (Lipinski definition) is 3. The van der Waals surface area contributed by atoms with Gasteiger partial charge in [-0.05, 0) is 56.2 Å². The van der Waals surface area contributed by atoms with Crippen molar-refractivity contribution in [3.05, 3.63) is 29.8 Å². The maximum absolute atomic E-state index is 12.8. The third-order valence-corrected chi connectivity index (χ3v) is 5.46. The smallest absolute Gasteiger partial charge is 0.253 e. The largest absolute Gasteiger partial charge is 0.493 e. The van der Waals surface area contributed by atoms with Gasteiger partial charge in [0.2, 0.25) is 5.91 Å². The Hall–Kier alpha value is -2.04. The molecule has 0 saturated carbocycles. The molecule has 0 unspecified atom stereocenters. The Morgan fingerprint density at radius 1 is 1.04 bits per heavy atom. The van der Waals surface area contributed by atoms with E-state index in [9.17, 15) is 9.59 Å². The third kappa shape index (κ3) is 5.24. The summed E-state index contributed by atoms with van der Waals surface area (Å²) in [6.45, 7) is 7.96. The van der Waals surface area contributed by atoms with Crippen molar-refractivity contribution in [2.45, 2.75) is 46.0 Å². The molecule has 2 heterocycles. The van der Waals surface area contributed by atoms with Gasteiger partial charge < -0.3 is 14.5 Å². The first-order valence-corrected chi connectivity index (χ1v) is 10.4. The van der Waals surface area contributed by atoms with Crippen molar-refractivity contribution in [1.29, 1.82) is 0 Å². The highest BCUT2D eigenvalue weighted by Crippen LogP contribution is 2.24. The fourth-order valence-corrected chi connectivity index (χ4v) is 3.87. The first kappa shape index (κ1) is 19.7. The van der Waals surface area contributed by atoms with E-state index in [1.807, 2.05) is 34.1 Å². The summed E-state index contributed by atoms with van der Waals surface area (Å²) < 4.78 is 5.74. The zero-order chi connectivity index (χ0) is 19.2. The highest BCUT2D eigenvalue weighted by atomic mass is 16.5. The molecule has 5 nitrogen and oxygen atoms in total. The molecule has 0 bridgehead atoms. The Kier molecular flexibility index (Phi) is 6.75. The van der Waals surface area contributed by atoms with Crippen LogP contribution in [0.4, 0.5) is 0 Å². The van der Waals surface area contributed by atoms with Crippen LogP contribution in [0.1, 0.15) is 56.3 Å². The molecule has 2 aliphatic heterocycles. The number of carbonyl (C=O) groups is 2. The number of likely N-dealkylation sites (tertiary alicyclic amines) is 2. The summed E-state index contributed by atoms with van der Waals surface area (Å²) >= 11 is 0. The van der Waals surface area contributed by atoms with Crippen molar-refractivity contribution < 1.29 is 14.3 Å². The molecule has 3 rings (SSSR count). The SMILES string of the molecule is CC(C)COc1cccc(C(=O)N2CCC(C(=O)N3CCCCC3)CC2)c1. The van der Waals surface area contributed by atoms with Gasteiger partial charge in [0, 0.05) is 37.7 Å². The molecule has 0 N–H and O–H groups in total. The van der Waals surface area contributed by atoms with E-state index < -0.39 is 0 Å². The van der Waals surface area contributed by atoms with Gasteiger partial charge >= 0.3 is 0 Å². The number of amides is 2. The van der Waals surface area contributed by atoms with E-state index in [1.165, 1.54) is 6.42 Å². The lowest BCUT2D eigenvalue weighted by atomic mass is 9.94. The summed E-state index contributed by atoms with van der Waals surface area (Å²) in [6, 6.07) is 7.43. The summed E-state index contributed by atoms with van der Waals surface area (Å²) in [5.41, 5.74) is 0.664. The fraction of sp³-hybridized carbons (Fsp3) is 0.636. The highest BCUT2D eigenvalue weighted by Gasteiger charge is 2.31. The molecule has 27 heavy (non-hydrogen) atoms. The van der Waals surface area contributed by atoms with Gasteiger partial charge in [0.1, 0.15) is 5.75 Å². The quantitative estimate of drug-likeness (QED) is 0.794. The molecule has 2 saturated heterocycles. The Balaban J connectivity index is 1.53. The predicted molar refractivity (Wildman–Crippen MR) is 106 cm³/mol. The summed E-state index contributed by atoms with van der Waals surface area (Å²) in [5, 5.41) is 0. The van der Waals surface area contributed by atoms with Gasteiger partial charge in [0.15, 0.2) is 0 Å². The van der Waals surface area contributed by atoms with Gasteiger partial charge in [-0.1, -0.05) is 19.9 Å². The van der Waals surface area contributed by atoms with Gasteiger partial charge in [-0.3, -0.25) is 9.59 Å². The third-order valence-electron chi connectivity index (χ3n) is 5.46. The van der Waals surface area contributed by atoms with Crippen LogP contribution in [-0.4, -0.2) is 54.4 Å². The number of benzene rings is 1. The average Bonchev–Trinajstić information content (AvgIpc) is 2.72. The van der Waals surface area contributed by atoms with Crippen molar-refractivity contribution in [3.63, 3.8) is 0 Å². The van der Waals surface area contributed by atoms with Crippen molar-refractivity contribution >= 4 is 11.8 Å². The maximum atomic E-state index is 12.8. The molecular formula is C22H32N2O3. The number of hydrogen-bond donors (Lipinski definition) is 0. The van der Waals surface area contributed by atoms with E-state index in [2.05, 4.69) is 13.8 Å². The number of ether oxygens (including phenoxy) is 1. The van der Waals surface area contributed by atoms with Gasteiger partial charge in [-0.15, -0.1) is 0 Å². The van der Waals surface area contributed by atoms with E-state index in [-0.39, 0.29) is 11.8 Å². The minimum Gasteiger partial charge on any atom is -0.493 e. The second kappa shape index (κ2) is 9.25. The van der Waals surface area contributed by atoms with E-state index in [4.69, 9.17) is 4.74 Å². The molecule has 0 spiro atoms. The Labute approximate surface area is 162 Å². The monoisotopic (exact) mass is 372 g/mol. The van der Waals surface area contributed by atoms with Crippen molar-refractivity contribution in [3.8, 4) is 5.75 Å². The molecule has 1 aromatic carbocycles. The summed E-state index contributed by atoms with van der Waals surface area (Å²) in [4.78, 5) is 29.4. The first-order valence-electron chi connectivity index (χ1n) is 10.4. The highest BCUT2D eigenvalue weighted by molar-refractivity contribution is 5.94. The molecule has 148 valence electrons. The second-order valence-electron chi connectivity index (χ2n) is 8.19. The van der Waals surface area contributed by atoms with E-state index >= 15 is 0 Å². The van der Waals surface area contributed by atoms with Crippen LogP contribution in [0.3, 0.4) is 0 Å². The molecule has 2 aliphatic rings. The van der Waals surface area contributed by atoms with Crippen molar-refractivity contribution in [2.75, 3.05) is 32.8 Å². The second-order valence-corrected chi connectivity index (χ2v) is 8.19. The van der Waals surface area contributed by atoms with E-state index in [1.54, 1.807) is 0 Å². The van der Waals surface area contributed by atoms with Crippen LogP contribution in [0.25, 0.3) is 0 Å². The van der Waals surface area contributed by atoms with Crippen LogP contribution >= 0.6 is 0 Å². The molecule has 0 atom stereocenters. The lowest BCUT2D eigenvalue weighted by Crippen LogP contribution is -2.45. The summed E-state index contributed by atoms with van der Waals surface area (Å²) in [6.07, 6.45) is 5.02. The van der Waals surface area contributed by atoms with E-state index in [0.29, 0.717) is 37.1 Å². The van der Waals surface area contributed by atoms with Crippen molar-refractivity contribution in [1.82, 2.24) is 9.80 Å². The normalized spacial score (nSPS) is 18.6. The zero-order valence-electron chi connectivity index (χ0n) is 16.7. The van der Waals surface area contributed by atoms with Crippen LogP contribution in [0.2, 0.25) is 0 Å². The lowest BCUT2D eigenvalue weighted by molar-refractivity contribution is -0.137. The standard InChI is InChI=1S/C22H32N2O3/c1-17(2)16-27-20-8-6-7-19(15-20)22(26)24-13-9-18(10-14-24)21(25)23-11-4-3-5-12-23/h6-8,15,17-18H,3-5,9-14,16H2,1-2H3. The molecule has 1 aromatic rings. The molecule has 2 amide bonds. The van der Waals surface area contributed by atoms with Crippen LogP contribution in [0.5, 0.6) is 5.75 Å². The average molecular weight is 373 g/mol. The first-order chi connectivity index (χ1) is 13.0. The van der Waals surface area contributed by atoms with Crippen LogP contribution < -0.4 is 4.74 Å². The topological polar surface area (TPSA) is 49.9 Å². The Morgan fingerprint density at radius 2 is 1.74 bits per heavy atom. The number of carbonyl (C=O) groups excluding carboxylic acids is 2. The molecule has 0 radical (unpaired) electrons. The van der Waals surface area contributed by atoms with Gasteiger partial charge in [-0.2, -0.15) is 0 Å². The fourth-order valence-electron chi connectivity index (χ4n) is 3.87. The minimum absolute atomic E-state index is 0.0360. The zero-order valence-corrected chi connectivity index (χ0v) is 16.7. The Bertz CT molecular complexity index is 645. The predicted octanol–water partition coefficient (Wildman–Crippen LogP) is 3.59. The maximum Gasteiger partial charge on any atom is 0.253 e. The van der Waals surface area contributed by atoms with Crippen LogP contribution in [-0.2, 0) is 4.79 Å². The van der Waals surface area contributed by atoms with E-state index in [0.717, 1.165) is 44.5 Å². The Morgan fingerprint density at radius 3 is 2.41 bits per heavy atom. The molecule has 2 fully saturated rings. The molecular weight excluding hydrogens is 340 g/mol. The van der Waals surface area contributed by atoms with Gasteiger partial charge in [0.25, 0.3) is 5.91 Å². The number of rotatable bonds is 5. The summed E-state index contributed by atoms with van der Waals surface area (Å²) in [7, 11) is 0. The minimum atomic E-state index is 0.0360. The van der Waals surface area contributed by atoms with Gasteiger partial charge in [0.05, 0.1) is 6.61 Å². The number of nitrogens with zero attached hydrogens (tertiary/aromatic N) is 2. The number of piperidine rings is 2. The van der Waals surface area contributed by atoms with Crippen LogP contribution in [0.15, 0.2) is 24.3 Å². The molecule has 0 aliphatic carbocycles. The van der Waals surface area contributed by atoms with Gasteiger partial charge in [-0.25, -0.2) is 0 Å². The molecule has 0 aromatic heterocycles.